The number of nitrogens with zero attached hydrogens (tertiary/aromatic N) is 3. The van der Waals surface area contributed by atoms with E-state index in [0.717, 1.165) is 32.4 Å². The van der Waals surface area contributed by atoms with Crippen molar-refractivity contribution in [2.24, 2.45) is 11.8 Å². The van der Waals surface area contributed by atoms with Crippen LogP contribution in [0.4, 0.5) is 0 Å². The highest BCUT2D eigenvalue weighted by Crippen LogP contribution is 2.35. The number of hydrogen-bond donors (Lipinski definition) is 1. The minimum atomic E-state index is -0.138. The second-order valence-electron chi connectivity index (χ2n) is 6.68. The molecule has 0 radical (unpaired) electrons. The molecule has 23 heavy (non-hydrogen) atoms. The SMILES string of the molecule is O=C(c1ccn[nH]1)N1C[C@H]2OCC[C@H]2[C@H](C(=O)N2CCCC2)C1. The summed E-state index contributed by atoms with van der Waals surface area (Å²) in [5.74, 6) is 0.205. The Morgan fingerprint density at radius 1 is 1.22 bits per heavy atom. The minimum Gasteiger partial charge on any atom is -0.376 e. The monoisotopic (exact) mass is 318 g/mol. The Balaban J connectivity index is 1.54. The molecule has 4 heterocycles. The summed E-state index contributed by atoms with van der Waals surface area (Å²) in [5.41, 5.74) is 0.466. The van der Waals surface area contributed by atoms with Crippen LogP contribution in [0.1, 0.15) is 29.8 Å². The number of H-pyrrole nitrogens is 1. The molecule has 0 spiro atoms. The van der Waals surface area contributed by atoms with Gasteiger partial charge in [0.1, 0.15) is 5.69 Å². The molecular weight excluding hydrogens is 296 g/mol. The van der Waals surface area contributed by atoms with Crippen LogP contribution in [0.15, 0.2) is 12.3 Å². The number of ether oxygens (including phenoxy) is 1. The molecule has 1 N–H and O–H groups in total. The first-order valence-electron chi connectivity index (χ1n) is 8.43. The lowest BCUT2D eigenvalue weighted by atomic mass is 9.81. The number of fused-ring (bicyclic) bond motifs is 1. The van der Waals surface area contributed by atoms with Gasteiger partial charge < -0.3 is 14.5 Å². The number of rotatable bonds is 2. The third-order valence-electron chi connectivity index (χ3n) is 5.35. The fraction of sp³-hybridized carbons (Fsp3) is 0.688. The van der Waals surface area contributed by atoms with Gasteiger partial charge in [0.25, 0.3) is 5.91 Å². The normalized spacial score (nSPS) is 30.5. The highest BCUT2D eigenvalue weighted by Gasteiger charge is 2.46. The van der Waals surface area contributed by atoms with Crippen molar-refractivity contribution in [2.75, 3.05) is 32.8 Å². The van der Waals surface area contributed by atoms with Gasteiger partial charge in [0, 0.05) is 44.9 Å². The van der Waals surface area contributed by atoms with E-state index in [2.05, 4.69) is 10.2 Å². The Bertz CT molecular complexity index is 582. The number of hydrogen-bond acceptors (Lipinski definition) is 4. The molecule has 0 bridgehead atoms. The zero-order valence-corrected chi connectivity index (χ0v) is 13.1. The Hall–Kier alpha value is -1.89. The van der Waals surface area contributed by atoms with Crippen LogP contribution >= 0.6 is 0 Å². The summed E-state index contributed by atoms with van der Waals surface area (Å²) in [6.07, 6.45) is 4.63. The first-order valence-corrected chi connectivity index (χ1v) is 8.43. The number of aromatic nitrogens is 2. The molecule has 4 rings (SSSR count). The molecule has 0 saturated carbocycles. The highest BCUT2D eigenvalue weighted by atomic mass is 16.5. The summed E-state index contributed by atoms with van der Waals surface area (Å²) in [7, 11) is 0. The lowest BCUT2D eigenvalue weighted by Gasteiger charge is -2.40. The molecule has 0 aromatic carbocycles. The lowest BCUT2D eigenvalue weighted by molar-refractivity contribution is -0.139. The van der Waals surface area contributed by atoms with E-state index in [-0.39, 0.29) is 29.8 Å². The number of nitrogens with one attached hydrogen (secondary N) is 1. The zero-order valence-electron chi connectivity index (χ0n) is 13.1. The third-order valence-corrected chi connectivity index (χ3v) is 5.35. The van der Waals surface area contributed by atoms with Gasteiger partial charge in [0.05, 0.1) is 12.0 Å². The van der Waals surface area contributed by atoms with Crippen LogP contribution in [-0.4, -0.2) is 70.7 Å². The number of aromatic amines is 1. The van der Waals surface area contributed by atoms with E-state index < -0.39 is 0 Å². The summed E-state index contributed by atoms with van der Waals surface area (Å²) in [4.78, 5) is 29.2. The molecule has 124 valence electrons. The zero-order chi connectivity index (χ0) is 15.8. The highest BCUT2D eigenvalue weighted by molar-refractivity contribution is 5.93. The molecule has 0 unspecified atom stereocenters. The van der Waals surface area contributed by atoms with Crippen LogP contribution < -0.4 is 0 Å². The average Bonchev–Trinajstić information content (AvgIpc) is 3.34. The molecule has 3 saturated heterocycles. The van der Waals surface area contributed by atoms with E-state index in [0.29, 0.717) is 25.4 Å². The van der Waals surface area contributed by atoms with Gasteiger partial charge in [-0.1, -0.05) is 0 Å². The molecule has 7 heteroatoms. The fourth-order valence-corrected chi connectivity index (χ4v) is 4.12. The van der Waals surface area contributed by atoms with Gasteiger partial charge >= 0.3 is 0 Å². The second-order valence-corrected chi connectivity index (χ2v) is 6.68. The quantitative estimate of drug-likeness (QED) is 0.862. The number of carbonyl (C=O) groups excluding carboxylic acids is 2. The third kappa shape index (κ3) is 2.63. The summed E-state index contributed by atoms with van der Waals surface area (Å²) in [6, 6.07) is 1.67. The summed E-state index contributed by atoms with van der Waals surface area (Å²) in [5, 5.41) is 6.56. The minimum absolute atomic E-state index is 0.0211. The first kappa shape index (κ1) is 14.7. The molecule has 3 aliphatic rings. The average molecular weight is 318 g/mol. The molecular formula is C16H22N4O3. The van der Waals surface area contributed by atoms with Crippen LogP contribution in [0.2, 0.25) is 0 Å². The van der Waals surface area contributed by atoms with E-state index in [1.807, 2.05) is 4.90 Å². The Morgan fingerprint density at radius 2 is 2.04 bits per heavy atom. The maximum atomic E-state index is 12.9. The molecule has 3 atom stereocenters. The number of likely N-dealkylation sites (tertiary alicyclic amines) is 2. The molecule has 7 nitrogen and oxygen atoms in total. The van der Waals surface area contributed by atoms with Crippen LogP contribution in [-0.2, 0) is 9.53 Å². The second kappa shape index (κ2) is 5.96. The molecule has 0 aliphatic carbocycles. The summed E-state index contributed by atoms with van der Waals surface area (Å²) in [6.45, 7) is 3.43. The largest absolute Gasteiger partial charge is 0.376 e. The van der Waals surface area contributed by atoms with Crippen molar-refractivity contribution in [1.82, 2.24) is 20.0 Å². The van der Waals surface area contributed by atoms with Crippen LogP contribution in [0.25, 0.3) is 0 Å². The van der Waals surface area contributed by atoms with Crippen molar-refractivity contribution in [2.45, 2.75) is 25.4 Å². The maximum Gasteiger partial charge on any atom is 0.271 e. The molecule has 2 amide bonds. The fourth-order valence-electron chi connectivity index (χ4n) is 4.12. The Morgan fingerprint density at radius 3 is 2.78 bits per heavy atom. The topological polar surface area (TPSA) is 78.5 Å². The van der Waals surface area contributed by atoms with Crippen LogP contribution in [0.3, 0.4) is 0 Å². The number of carbonyl (C=O) groups is 2. The Labute approximate surface area is 135 Å². The van der Waals surface area contributed by atoms with Crippen molar-refractivity contribution in [3.8, 4) is 0 Å². The van der Waals surface area contributed by atoms with Gasteiger partial charge in [-0.3, -0.25) is 14.7 Å². The van der Waals surface area contributed by atoms with Gasteiger partial charge in [-0.15, -0.1) is 0 Å². The van der Waals surface area contributed by atoms with Crippen LogP contribution in [0.5, 0.6) is 0 Å². The smallest absolute Gasteiger partial charge is 0.271 e. The summed E-state index contributed by atoms with van der Waals surface area (Å²) >= 11 is 0. The predicted octanol–water partition coefficient (Wildman–Crippen LogP) is 0.509. The predicted molar refractivity (Wildman–Crippen MR) is 81.6 cm³/mol. The van der Waals surface area contributed by atoms with Gasteiger partial charge in [-0.2, -0.15) is 5.10 Å². The van der Waals surface area contributed by atoms with Crippen molar-refractivity contribution in [1.29, 1.82) is 0 Å². The van der Waals surface area contributed by atoms with Gasteiger partial charge in [-0.05, 0) is 25.3 Å². The molecule has 3 aliphatic heterocycles. The van der Waals surface area contributed by atoms with Crippen molar-refractivity contribution < 1.29 is 14.3 Å². The standard InChI is InChI=1S/C16H22N4O3/c21-15(19-6-1-2-7-19)12-9-20(10-14-11(12)4-8-23-14)16(22)13-3-5-17-18-13/h3,5,11-12,14H,1-2,4,6-10H2,(H,17,18)/t11-,12+,14+/m0/s1. The maximum absolute atomic E-state index is 12.9. The van der Waals surface area contributed by atoms with Gasteiger partial charge in [0.15, 0.2) is 0 Å². The molecule has 1 aromatic rings. The van der Waals surface area contributed by atoms with Crippen molar-refractivity contribution in [3.05, 3.63) is 18.0 Å². The first-order chi connectivity index (χ1) is 11.2. The molecule has 1 aromatic heterocycles. The van der Waals surface area contributed by atoms with Gasteiger partial charge in [0.2, 0.25) is 5.91 Å². The summed E-state index contributed by atoms with van der Waals surface area (Å²) < 4.78 is 5.81. The molecule has 3 fully saturated rings. The van der Waals surface area contributed by atoms with E-state index >= 15 is 0 Å². The van der Waals surface area contributed by atoms with E-state index in [1.165, 1.54) is 0 Å². The van der Waals surface area contributed by atoms with E-state index in [9.17, 15) is 9.59 Å². The van der Waals surface area contributed by atoms with Crippen LogP contribution in [0, 0.1) is 11.8 Å². The van der Waals surface area contributed by atoms with Crippen molar-refractivity contribution in [3.63, 3.8) is 0 Å². The van der Waals surface area contributed by atoms with Gasteiger partial charge in [-0.25, -0.2) is 0 Å². The number of piperidine rings is 1. The lowest BCUT2D eigenvalue weighted by Crippen LogP contribution is -2.54. The Kier molecular flexibility index (Phi) is 3.80. The number of amides is 2. The van der Waals surface area contributed by atoms with E-state index in [4.69, 9.17) is 4.74 Å². The van der Waals surface area contributed by atoms with Crippen molar-refractivity contribution >= 4 is 11.8 Å². The van der Waals surface area contributed by atoms with E-state index in [1.54, 1.807) is 17.2 Å².